The molecule has 0 radical (unpaired) electrons. The van der Waals surface area contributed by atoms with Crippen LogP contribution in [-0.4, -0.2) is 18.9 Å². The van der Waals surface area contributed by atoms with Gasteiger partial charge in [-0.15, -0.1) is 0 Å². The van der Waals surface area contributed by atoms with Crippen LogP contribution in [0.4, 0.5) is 13.2 Å². The second-order valence-electron chi connectivity index (χ2n) is 6.42. The van der Waals surface area contributed by atoms with E-state index in [-0.39, 0.29) is 11.3 Å². The van der Waals surface area contributed by atoms with Crippen LogP contribution in [0.1, 0.15) is 36.3 Å². The number of rotatable bonds is 2. The Hall–Kier alpha value is -2.57. The Morgan fingerprint density at radius 2 is 2.04 bits per heavy atom. The summed E-state index contributed by atoms with van der Waals surface area (Å²) in [5, 5.41) is 3.00. The van der Waals surface area contributed by atoms with Gasteiger partial charge in [0.05, 0.1) is 12.7 Å². The van der Waals surface area contributed by atoms with Gasteiger partial charge in [0.2, 0.25) is 0 Å². The first-order valence-corrected chi connectivity index (χ1v) is 8.21. The average molecular weight is 365 g/mol. The van der Waals surface area contributed by atoms with Gasteiger partial charge in [0.15, 0.2) is 5.78 Å². The molecule has 1 aromatic carbocycles. The highest BCUT2D eigenvalue weighted by molar-refractivity contribution is 6.00. The number of methoxy groups -OCH3 is 1. The van der Waals surface area contributed by atoms with Crippen molar-refractivity contribution in [1.29, 1.82) is 0 Å². The Kier molecular flexibility index (Phi) is 4.64. The Labute approximate surface area is 148 Å². The van der Waals surface area contributed by atoms with E-state index >= 15 is 0 Å². The molecule has 0 bridgehead atoms. The number of Topliss-reactive ketones (excluding diaryl/α,β-unsaturated/α-hetero) is 1. The van der Waals surface area contributed by atoms with Gasteiger partial charge in [0.1, 0.15) is 5.92 Å². The number of carbonyl (C=O) groups excluding carboxylic acids is 2. The topological polar surface area (TPSA) is 55.4 Å². The molecule has 1 aromatic rings. The van der Waals surface area contributed by atoms with E-state index in [4.69, 9.17) is 4.74 Å². The first-order chi connectivity index (χ1) is 12.2. The van der Waals surface area contributed by atoms with Crippen LogP contribution in [0.3, 0.4) is 0 Å². The fraction of sp³-hybridized carbons (Fsp3) is 0.368. The molecule has 26 heavy (non-hydrogen) atoms. The third-order valence-corrected chi connectivity index (χ3v) is 4.82. The minimum absolute atomic E-state index is 0.164. The molecule has 1 aliphatic heterocycles. The Morgan fingerprint density at radius 1 is 1.31 bits per heavy atom. The lowest BCUT2D eigenvalue weighted by Crippen LogP contribution is -2.41. The molecule has 138 valence electrons. The van der Waals surface area contributed by atoms with Crippen molar-refractivity contribution < 1.29 is 27.5 Å². The number of ether oxygens (including phenoxy) is 1. The molecule has 2 atom stereocenters. The molecule has 0 amide bonds. The van der Waals surface area contributed by atoms with Gasteiger partial charge in [-0.25, -0.2) is 0 Å². The van der Waals surface area contributed by atoms with Gasteiger partial charge >= 0.3 is 12.1 Å². The number of halogens is 3. The van der Waals surface area contributed by atoms with Crippen LogP contribution in [0.25, 0.3) is 0 Å². The van der Waals surface area contributed by atoms with Gasteiger partial charge < -0.3 is 10.1 Å². The summed E-state index contributed by atoms with van der Waals surface area (Å²) >= 11 is 0. The van der Waals surface area contributed by atoms with Gasteiger partial charge in [-0.3, -0.25) is 9.59 Å². The molecule has 7 heteroatoms. The predicted molar refractivity (Wildman–Crippen MR) is 87.9 cm³/mol. The summed E-state index contributed by atoms with van der Waals surface area (Å²) in [6.07, 6.45) is -2.98. The van der Waals surface area contributed by atoms with Crippen LogP contribution >= 0.6 is 0 Å². The van der Waals surface area contributed by atoms with Crippen molar-refractivity contribution in [3.8, 4) is 0 Å². The number of carbonyl (C=O) groups is 2. The molecule has 2 aliphatic rings. The molecule has 1 N–H and O–H groups in total. The van der Waals surface area contributed by atoms with Crippen LogP contribution in [0.2, 0.25) is 0 Å². The highest BCUT2D eigenvalue weighted by Gasteiger charge is 2.44. The average Bonchev–Trinajstić information content (AvgIpc) is 2.59. The summed E-state index contributed by atoms with van der Waals surface area (Å²) in [7, 11) is 1.20. The minimum atomic E-state index is -4.52. The van der Waals surface area contributed by atoms with Crippen LogP contribution in [0.5, 0.6) is 0 Å². The van der Waals surface area contributed by atoms with E-state index in [0.29, 0.717) is 36.2 Å². The summed E-state index contributed by atoms with van der Waals surface area (Å²) in [5.41, 5.74) is 0.744. The summed E-state index contributed by atoms with van der Waals surface area (Å²) in [5.74, 6) is -2.62. The summed E-state index contributed by atoms with van der Waals surface area (Å²) < 4.78 is 44.3. The molecule has 0 saturated heterocycles. The van der Waals surface area contributed by atoms with Crippen LogP contribution < -0.4 is 5.32 Å². The lowest BCUT2D eigenvalue weighted by atomic mass is 9.71. The predicted octanol–water partition coefficient (Wildman–Crippen LogP) is 3.70. The molecule has 4 nitrogen and oxygen atoms in total. The maximum Gasteiger partial charge on any atom is 0.416 e. The van der Waals surface area contributed by atoms with Crippen LogP contribution in [0.15, 0.2) is 47.8 Å². The number of esters is 1. The van der Waals surface area contributed by atoms with Crippen molar-refractivity contribution in [2.75, 3.05) is 7.11 Å². The zero-order chi connectivity index (χ0) is 19.1. The number of hydrogen-bond acceptors (Lipinski definition) is 4. The quantitative estimate of drug-likeness (QED) is 0.812. The molecular weight excluding hydrogens is 347 g/mol. The van der Waals surface area contributed by atoms with E-state index in [0.717, 1.165) is 12.1 Å². The van der Waals surface area contributed by atoms with Crippen molar-refractivity contribution in [2.24, 2.45) is 5.92 Å². The fourth-order valence-corrected chi connectivity index (χ4v) is 3.67. The third-order valence-electron chi connectivity index (χ3n) is 4.82. The normalized spacial score (nSPS) is 23.4. The van der Waals surface area contributed by atoms with Gasteiger partial charge in [0, 0.05) is 29.3 Å². The summed E-state index contributed by atoms with van der Waals surface area (Å²) in [4.78, 5) is 24.9. The standard InChI is InChI=1S/C19H18F3NO3/c1-10-15(18(25)26-2)16(17-13(23-10)7-4-8-14(17)24)11-5-3-6-12(9-11)19(20,21)22/h3,5-6,9,15-16,23H,1,4,7-8H2,2H3. The molecule has 0 spiro atoms. The first kappa shape index (κ1) is 18.2. The zero-order valence-electron chi connectivity index (χ0n) is 14.2. The monoisotopic (exact) mass is 365 g/mol. The van der Waals surface area contributed by atoms with E-state index in [1.54, 1.807) is 0 Å². The largest absolute Gasteiger partial charge is 0.468 e. The first-order valence-electron chi connectivity index (χ1n) is 8.21. The molecule has 1 heterocycles. The van der Waals surface area contributed by atoms with Gasteiger partial charge in [0.25, 0.3) is 0 Å². The zero-order valence-corrected chi connectivity index (χ0v) is 14.2. The molecule has 2 unspecified atom stereocenters. The van der Waals surface area contributed by atoms with E-state index in [9.17, 15) is 22.8 Å². The maximum absolute atomic E-state index is 13.1. The smallest absolute Gasteiger partial charge is 0.416 e. The fourth-order valence-electron chi connectivity index (χ4n) is 3.67. The Morgan fingerprint density at radius 3 is 2.69 bits per heavy atom. The van der Waals surface area contributed by atoms with Gasteiger partial charge in [-0.05, 0) is 24.5 Å². The van der Waals surface area contributed by atoms with Crippen molar-refractivity contribution in [3.63, 3.8) is 0 Å². The molecular formula is C19H18F3NO3. The van der Waals surface area contributed by atoms with Crippen LogP contribution in [0, 0.1) is 5.92 Å². The van der Waals surface area contributed by atoms with Gasteiger partial charge in [-0.2, -0.15) is 13.2 Å². The Bertz CT molecular complexity index is 810. The lowest BCUT2D eigenvalue weighted by molar-refractivity contribution is -0.144. The van der Waals surface area contributed by atoms with E-state index in [2.05, 4.69) is 11.9 Å². The minimum Gasteiger partial charge on any atom is -0.468 e. The second-order valence-corrected chi connectivity index (χ2v) is 6.42. The summed E-state index contributed by atoms with van der Waals surface area (Å²) in [6, 6.07) is 4.74. The molecule has 0 fully saturated rings. The number of allylic oxidation sites excluding steroid dienone is 2. The van der Waals surface area contributed by atoms with Crippen molar-refractivity contribution in [1.82, 2.24) is 5.32 Å². The maximum atomic E-state index is 13.1. The second kappa shape index (κ2) is 6.63. The van der Waals surface area contributed by atoms with E-state index < -0.39 is 29.5 Å². The van der Waals surface area contributed by atoms with Crippen molar-refractivity contribution >= 4 is 11.8 Å². The van der Waals surface area contributed by atoms with Crippen molar-refractivity contribution in [2.45, 2.75) is 31.4 Å². The van der Waals surface area contributed by atoms with E-state index in [1.165, 1.54) is 19.2 Å². The van der Waals surface area contributed by atoms with Gasteiger partial charge in [-0.1, -0.05) is 24.8 Å². The number of nitrogens with one attached hydrogen (secondary N) is 1. The van der Waals surface area contributed by atoms with Crippen LogP contribution in [-0.2, 0) is 20.5 Å². The van der Waals surface area contributed by atoms with E-state index in [1.807, 2.05) is 0 Å². The third kappa shape index (κ3) is 3.13. The van der Waals surface area contributed by atoms with Crippen molar-refractivity contribution in [3.05, 3.63) is 58.9 Å². The summed E-state index contributed by atoms with van der Waals surface area (Å²) in [6.45, 7) is 3.85. The number of benzene rings is 1. The molecule has 0 aromatic heterocycles. The lowest BCUT2D eigenvalue weighted by Gasteiger charge is -2.38. The highest BCUT2D eigenvalue weighted by atomic mass is 19.4. The number of ketones is 1. The Balaban J connectivity index is 2.19. The SMILES string of the molecule is C=C1NC2=C(C(=O)CCC2)C(c2cccc(C(F)(F)F)c2)C1C(=O)OC. The highest BCUT2D eigenvalue weighted by Crippen LogP contribution is 2.45. The number of alkyl halides is 3. The molecule has 3 rings (SSSR count). The molecule has 0 saturated carbocycles. The number of hydrogen-bond donors (Lipinski definition) is 1. The molecule has 1 aliphatic carbocycles.